The van der Waals surface area contributed by atoms with Gasteiger partial charge < -0.3 is 35.9 Å². The fourth-order valence-corrected chi connectivity index (χ4v) is 2.79. The van der Waals surface area contributed by atoms with E-state index in [0.29, 0.717) is 54.3 Å². The van der Waals surface area contributed by atoms with Crippen LogP contribution in [0.4, 0.5) is 0 Å². The Labute approximate surface area is 199 Å². The van der Waals surface area contributed by atoms with Gasteiger partial charge in [0, 0.05) is 19.3 Å². The van der Waals surface area contributed by atoms with Crippen molar-refractivity contribution in [2.75, 3.05) is 39.6 Å². The molecule has 5 N–H and O–H groups in total. The summed E-state index contributed by atoms with van der Waals surface area (Å²) in [6.45, 7) is 7.65. The van der Waals surface area contributed by atoms with Gasteiger partial charge in [-0.05, 0) is 49.6 Å². The van der Waals surface area contributed by atoms with Gasteiger partial charge in [-0.2, -0.15) is 0 Å². The number of aliphatic hydroxyl groups excluding tert-OH is 1. The molecule has 32 heavy (non-hydrogen) atoms. The molecule has 10 heteroatoms. The molecule has 0 saturated carbocycles. The van der Waals surface area contributed by atoms with Gasteiger partial charge in [-0.15, -0.1) is 0 Å². The van der Waals surface area contributed by atoms with Crippen molar-refractivity contribution in [1.82, 2.24) is 16.0 Å². The molecule has 0 atom stereocenters. The molecule has 0 saturated heterocycles. The molecular formula is C22H32Cl2N4O4. The minimum Gasteiger partial charge on any atom is -0.394 e. The molecule has 1 rings (SSSR count). The van der Waals surface area contributed by atoms with Crippen LogP contribution in [0.2, 0.25) is 10.0 Å². The lowest BCUT2D eigenvalue weighted by Crippen LogP contribution is -2.38. The highest BCUT2D eigenvalue weighted by molar-refractivity contribution is 6.42. The zero-order valence-electron chi connectivity index (χ0n) is 18.7. The van der Waals surface area contributed by atoms with Crippen LogP contribution in [0.1, 0.15) is 26.3 Å². The van der Waals surface area contributed by atoms with Crippen LogP contribution >= 0.6 is 23.2 Å². The first kappa shape index (κ1) is 27.9. The summed E-state index contributed by atoms with van der Waals surface area (Å²) < 4.78 is 10.5. The monoisotopic (exact) mass is 486 g/mol. The van der Waals surface area contributed by atoms with Crippen molar-refractivity contribution >= 4 is 35.3 Å². The van der Waals surface area contributed by atoms with Gasteiger partial charge in [0.15, 0.2) is 0 Å². The molecule has 0 spiro atoms. The van der Waals surface area contributed by atoms with E-state index in [-0.39, 0.29) is 24.8 Å². The van der Waals surface area contributed by atoms with Gasteiger partial charge in [0.2, 0.25) is 0 Å². The Balaban J connectivity index is 2.65. The third-order valence-corrected chi connectivity index (χ3v) is 4.92. The molecular weight excluding hydrogens is 455 g/mol. The number of allylic oxidation sites excluding steroid dienone is 2. The lowest BCUT2D eigenvalue weighted by Gasteiger charge is -2.18. The molecule has 0 heterocycles. The number of hydrogen-bond acceptors (Lipinski definition) is 7. The molecule has 8 nitrogen and oxygen atoms in total. The van der Waals surface area contributed by atoms with Crippen LogP contribution in [-0.4, -0.2) is 56.8 Å². The largest absolute Gasteiger partial charge is 0.394 e. The molecule has 0 aromatic heterocycles. The second-order valence-corrected chi connectivity index (χ2v) is 7.82. The zero-order valence-corrected chi connectivity index (χ0v) is 20.2. The highest BCUT2D eigenvalue weighted by Crippen LogP contribution is 2.22. The molecule has 1 aromatic rings. The van der Waals surface area contributed by atoms with Crippen LogP contribution < -0.4 is 16.0 Å². The normalized spacial score (nSPS) is 11.4. The number of halogens is 2. The summed E-state index contributed by atoms with van der Waals surface area (Å²) in [5, 5.41) is 26.2. The van der Waals surface area contributed by atoms with Crippen LogP contribution in [0.25, 0.3) is 0 Å². The highest BCUT2D eigenvalue weighted by atomic mass is 35.5. The molecule has 0 radical (unpaired) electrons. The lowest BCUT2D eigenvalue weighted by molar-refractivity contribution is -0.117. The predicted molar refractivity (Wildman–Crippen MR) is 128 cm³/mol. The van der Waals surface area contributed by atoms with Crippen LogP contribution in [0, 0.1) is 5.41 Å². The number of amides is 1. The number of benzene rings is 1. The number of nitrogens with one attached hydrogen (secondary N) is 4. The number of rotatable bonds is 15. The number of aliphatic hydroxyl groups is 1. The van der Waals surface area contributed by atoms with E-state index >= 15 is 0 Å². The van der Waals surface area contributed by atoms with Crippen molar-refractivity contribution in [3.63, 3.8) is 0 Å². The van der Waals surface area contributed by atoms with Crippen molar-refractivity contribution in [3.8, 4) is 0 Å². The van der Waals surface area contributed by atoms with E-state index < -0.39 is 0 Å². The number of carbonyl (C=O) groups is 1. The maximum atomic E-state index is 12.9. The van der Waals surface area contributed by atoms with E-state index in [0.717, 1.165) is 17.4 Å². The summed E-state index contributed by atoms with van der Waals surface area (Å²) >= 11 is 12.0. The predicted octanol–water partition coefficient (Wildman–Crippen LogP) is 2.99. The number of carbonyl (C=O) groups excluding carboxylic acids is 1. The van der Waals surface area contributed by atoms with Gasteiger partial charge in [-0.1, -0.05) is 29.3 Å². The first-order valence-electron chi connectivity index (χ1n) is 10.2. The minimum atomic E-state index is -0.366. The second-order valence-electron chi connectivity index (χ2n) is 7.01. The molecule has 1 aromatic carbocycles. The van der Waals surface area contributed by atoms with E-state index in [1.54, 1.807) is 19.1 Å². The average Bonchev–Trinajstić information content (AvgIpc) is 2.77. The summed E-state index contributed by atoms with van der Waals surface area (Å²) in [6.07, 6.45) is 1.12. The average molecular weight is 487 g/mol. The Bertz CT molecular complexity index is 824. The van der Waals surface area contributed by atoms with E-state index in [1.807, 2.05) is 19.9 Å². The Morgan fingerprint density at radius 3 is 2.34 bits per heavy atom. The van der Waals surface area contributed by atoms with Gasteiger partial charge in [0.1, 0.15) is 11.5 Å². The van der Waals surface area contributed by atoms with E-state index in [4.69, 9.17) is 43.2 Å². The maximum absolute atomic E-state index is 12.9. The van der Waals surface area contributed by atoms with E-state index in [2.05, 4.69) is 16.0 Å². The van der Waals surface area contributed by atoms with Gasteiger partial charge >= 0.3 is 0 Å². The summed E-state index contributed by atoms with van der Waals surface area (Å²) in [5.74, 6) is 0.200. The maximum Gasteiger partial charge on any atom is 0.273 e. The standard InChI is InChI=1S/C22H32Cl2N4O4/c1-15(2)21(27-14-17-4-5-18(23)19(24)12-17)28-22(30)20(16(3)13-25)26-6-8-31-10-11-32-9-7-29/h4-5,12-13,25-27,29H,6-11,14H2,1-3H3,(H,28,30)/b20-16-,25-13?. The van der Waals surface area contributed by atoms with Crippen molar-refractivity contribution in [1.29, 1.82) is 5.41 Å². The topological polar surface area (TPSA) is 116 Å². The molecule has 0 aliphatic carbocycles. The fourth-order valence-electron chi connectivity index (χ4n) is 2.47. The molecule has 1 amide bonds. The molecule has 178 valence electrons. The lowest BCUT2D eigenvalue weighted by atomic mass is 10.2. The third-order valence-electron chi connectivity index (χ3n) is 4.19. The molecule has 0 fully saturated rings. The van der Waals surface area contributed by atoms with Gasteiger partial charge in [-0.25, -0.2) is 0 Å². The summed E-state index contributed by atoms with van der Waals surface area (Å²) in [5.41, 5.74) is 2.58. The molecule has 0 aliphatic rings. The summed E-state index contributed by atoms with van der Waals surface area (Å²) in [4.78, 5) is 12.9. The van der Waals surface area contributed by atoms with Crippen molar-refractivity contribution in [2.24, 2.45) is 0 Å². The Morgan fingerprint density at radius 1 is 1.06 bits per heavy atom. The third kappa shape index (κ3) is 10.5. The smallest absolute Gasteiger partial charge is 0.273 e. The van der Waals surface area contributed by atoms with E-state index in [9.17, 15) is 4.79 Å². The molecule has 0 aliphatic heterocycles. The van der Waals surface area contributed by atoms with Crippen molar-refractivity contribution < 1.29 is 19.4 Å². The van der Waals surface area contributed by atoms with Crippen LogP contribution in [-0.2, 0) is 20.8 Å². The van der Waals surface area contributed by atoms with Crippen molar-refractivity contribution in [3.05, 3.63) is 56.5 Å². The van der Waals surface area contributed by atoms with Gasteiger partial charge in [0.05, 0.1) is 43.1 Å². The SMILES string of the molecule is CC(C)=C(NCc1ccc(Cl)c(Cl)c1)NC(=O)/C(NCCOCCOCCO)=C(\C)C=N. The zero-order chi connectivity index (χ0) is 23.9. The van der Waals surface area contributed by atoms with Crippen molar-refractivity contribution in [2.45, 2.75) is 27.3 Å². The number of hydrogen-bond donors (Lipinski definition) is 5. The van der Waals surface area contributed by atoms with E-state index in [1.165, 1.54) is 0 Å². The first-order valence-corrected chi connectivity index (χ1v) is 10.9. The van der Waals surface area contributed by atoms with Crippen LogP contribution in [0.5, 0.6) is 0 Å². The van der Waals surface area contributed by atoms with Crippen LogP contribution in [0.15, 0.2) is 40.9 Å². The van der Waals surface area contributed by atoms with Crippen LogP contribution in [0.3, 0.4) is 0 Å². The quantitative estimate of drug-likeness (QED) is 0.148. The molecule has 0 unspecified atom stereocenters. The Morgan fingerprint density at radius 2 is 1.75 bits per heavy atom. The van der Waals surface area contributed by atoms with Gasteiger partial charge in [-0.3, -0.25) is 4.79 Å². The summed E-state index contributed by atoms with van der Waals surface area (Å²) in [7, 11) is 0. The highest BCUT2D eigenvalue weighted by Gasteiger charge is 2.14. The Kier molecular flexibility index (Phi) is 13.7. The van der Waals surface area contributed by atoms with Gasteiger partial charge in [0.25, 0.3) is 5.91 Å². The first-order chi connectivity index (χ1) is 15.3. The Hall–Kier alpha value is -2.10. The fraction of sp³-hybridized carbons (Fsp3) is 0.455. The molecule has 0 bridgehead atoms. The summed E-state index contributed by atoms with van der Waals surface area (Å²) in [6, 6.07) is 5.34. The number of ether oxygens (including phenoxy) is 2. The second kappa shape index (κ2) is 15.7. The minimum absolute atomic E-state index is 0.0241.